The first kappa shape index (κ1) is 21.4. The zero-order valence-electron chi connectivity index (χ0n) is 16.9. The average Bonchev–Trinajstić information content (AvgIpc) is 3.37. The van der Waals surface area contributed by atoms with Crippen LogP contribution in [0.2, 0.25) is 10.2 Å². The number of ether oxygens (including phenoxy) is 1. The van der Waals surface area contributed by atoms with Crippen molar-refractivity contribution in [3.8, 4) is 5.82 Å². The number of aromatic nitrogens is 7. The van der Waals surface area contributed by atoms with Crippen molar-refractivity contribution in [3.05, 3.63) is 63.9 Å². The van der Waals surface area contributed by atoms with E-state index in [1.54, 1.807) is 36.2 Å². The number of pyridine rings is 1. The Hall–Kier alpha value is -2.88. The van der Waals surface area contributed by atoms with Crippen LogP contribution in [0.15, 0.2) is 36.9 Å². The second-order valence-electron chi connectivity index (χ2n) is 7.12. The van der Waals surface area contributed by atoms with Gasteiger partial charge in [0.15, 0.2) is 16.6 Å². The highest BCUT2D eigenvalue weighted by molar-refractivity contribution is 6.32. The van der Waals surface area contributed by atoms with Crippen LogP contribution in [0.3, 0.4) is 0 Å². The fourth-order valence-electron chi connectivity index (χ4n) is 3.49. The SMILES string of the molecule is COC[C@@H](C)c1c(CC(=O)Cc2cnc(-n3nccn3)c(Cl)c2)cnc2cc(Cl)nn12. The maximum Gasteiger partial charge on any atom is 0.193 e. The predicted octanol–water partition coefficient (Wildman–Crippen LogP) is 3.12. The Labute approximate surface area is 188 Å². The molecule has 0 fully saturated rings. The molecule has 4 rings (SSSR count). The maximum atomic E-state index is 12.9. The Morgan fingerprint density at radius 2 is 1.90 bits per heavy atom. The highest BCUT2D eigenvalue weighted by atomic mass is 35.5. The quantitative estimate of drug-likeness (QED) is 0.398. The molecule has 0 aliphatic carbocycles. The van der Waals surface area contributed by atoms with Crippen LogP contribution in [-0.2, 0) is 22.4 Å². The Morgan fingerprint density at radius 1 is 1.13 bits per heavy atom. The number of fused-ring (bicyclic) bond motifs is 1. The summed E-state index contributed by atoms with van der Waals surface area (Å²) in [6, 6.07) is 3.38. The molecular formula is C20H19Cl2N7O2. The lowest BCUT2D eigenvalue weighted by Crippen LogP contribution is -2.16. The van der Waals surface area contributed by atoms with Crippen molar-refractivity contribution >= 4 is 34.6 Å². The molecule has 0 spiro atoms. The fraction of sp³-hybridized carbons (Fsp3) is 0.300. The molecule has 0 saturated heterocycles. The van der Waals surface area contributed by atoms with Gasteiger partial charge in [-0.1, -0.05) is 30.1 Å². The number of ketones is 1. The van der Waals surface area contributed by atoms with E-state index in [0.717, 1.165) is 11.3 Å². The molecule has 0 aliphatic heterocycles. The Bertz CT molecular complexity index is 1220. The largest absolute Gasteiger partial charge is 0.384 e. The van der Waals surface area contributed by atoms with Crippen molar-refractivity contribution in [2.45, 2.75) is 25.7 Å². The first-order valence-corrected chi connectivity index (χ1v) is 10.3. The number of methoxy groups -OCH3 is 1. The zero-order valence-corrected chi connectivity index (χ0v) is 18.4. The molecule has 31 heavy (non-hydrogen) atoms. The number of Topliss-reactive ketones (excluding diaryl/α,β-unsaturated/α-hetero) is 1. The van der Waals surface area contributed by atoms with Gasteiger partial charge >= 0.3 is 0 Å². The zero-order chi connectivity index (χ0) is 22.0. The van der Waals surface area contributed by atoms with E-state index in [1.165, 1.54) is 17.2 Å². The minimum Gasteiger partial charge on any atom is -0.384 e. The summed E-state index contributed by atoms with van der Waals surface area (Å²) < 4.78 is 6.99. The molecule has 0 aromatic carbocycles. The summed E-state index contributed by atoms with van der Waals surface area (Å²) in [5.41, 5.74) is 2.95. The van der Waals surface area contributed by atoms with Gasteiger partial charge in [-0.05, 0) is 17.2 Å². The lowest BCUT2D eigenvalue weighted by molar-refractivity contribution is -0.117. The molecule has 0 unspecified atom stereocenters. The molecule has 0 radical (unpaired) electrons. The molecule has 0 aliphatic rings. The third kappa shape index (κ3) is 4.58. The second-order valence-corrected chi connectivity index (χ2v) is 7.92. The topological polar surface area (TPSA) is 100 Å². The first-order valence-electron chi connectivity index (χ1n) is 9.51. The number of carbonyl (C=O) groups is 1. The molecule has 0 amide bonds. The van der Waals surface area contributed by atoms with Gasteiger partial charge in [-0.3, -0.25) is 4.79 Å². The molecule has 9 nitrogen and oxygen atoms in total. The van der Waals surface area contributed by atoms with E-state index in [4.69, 9.17) is 27.9 Å². The molecule has 160 valence electrons. The van der Waals surface area contributed by atoms with E-state index in [9.17, 15) is 4.79 Å². The summed E-state index contributed by atoms with van der Waals surface area (Å²) in [6.45, 7) is 2.48. The number of halogens is 2. The van der Waals surface area contributed by atoms with Crippen molar-refractivity contribution < 1.29 is 9.53 Å². The number of carbonyl (C=O) groups excluding carboxylic acids is 1. The van der Waals surface area contributed by atoms with Crippen LogP contribution in [0, 0.1) is 0 Å². The van der Waals surface area contributed by atoms with E-state index < -0.39 is 0 Å². The average molecular weight is 460 g/mol. The van der Waals surface area contributed by atoms with E-state index in [-0.39, 0.29) is 24.5 Å². The minimum absolute atomic E-state index is 0.00639. The van der Waals surface area contributed by atoms with Crippen molar-refractivity contribution in [3.63, 3.8) is 0 Å². The van der Waals surface area contributed by atoms with Gasteiger partial charge in [0.2, 0.25) is 0 Å². The van der Waals surface area contributed by atoms with E-state index in [0.29, 0.717) is 33.8 Å². The molecule has 4 aromatic rings. The molecule has 0 saturated carbocycles. The molecule has 4 aromatic heterocycles. The summed E-state index contributed by atoms with van der Waals surface area (Å²) in [4.78, 5) is 22.9. The van der Waals surface area contributed by atoms with Gasteiger partial charge in [-0.2, -0.15) is 15.3 Å². The normalized spacial score (nSPS) is 12.4. The van der Waals surface area contributed by atoms with E-state index >= 15 is 0 Å². The number of hydrogen-bond donors (Lipinski definition) is 0. The smallest absolute Gasteiger partial charge is 0.193 e. The molecule has 0 N–H and O–H groups in total. The van der Waals surface area contributed by atoms with Gasteiger partial charge in [0.1, 0.15) is 5.78 Å². The minimum atomic E-state index is -0.00812. The van der Waals surface area contributed by atoms with Crippen LogP contribution in [0.4, 0.5) is 0 Å². The van der Waals surface area contributed by atoms with Crippen molar-refractivity contribution in [2.24, 2.45) is 0 Å². The standard InChI is InChI=1S/C20H19Cl2N7O2/c1-12(11-31-2)19-14(10-23-18-8-17(22)27-28(18)19)7-15(30)5-13-6-16(21)20(24-9-13)29-25-3-4-26-29/h3-4,6,8-10,12H,5,7,11H2,1-2H3/t12-/m1/s1. The van der Waals surface area contributed by atoms with Crippen LogP contribution in [0.5, 0.6) is 0 Å². The molecule has 11 heteroatoms. The van der Waals surface area contributed by atoms with Gasteiger partial charge in [0.05, 0.1) is 29.7 Å². The van der Waals surface area contributed by atoms with Crippen LogP contribution in [0.25, 0.3) is 11.5 Å². The monoisotopic (exact) mass is 459 g/mol. The summed E-state index contributed by atoms with van der Waals surface area (Å²) in [6.07, 6.45) is 6.74. The fourth-order valence-corrected chi connectivity index (χ4v) is 3.93. The van der Waals surface area contributed by atoms with Gasteiger partial charge in [0, 0.05) is 44.3 Å². The van der Waals surface area contributed by atoms with Gasteiger partial charge < -0.3 is 4.74 Å². The van der Waals surface area contributed by atoms with E-state index in [2.05, 4.69) is 25.3 Å². The Morgan fingerprint density at radius 3 is 2.61 bits per heavy atom. The van der Waals surface area contributed by atoms with Crippen LogP contribution in [0.1, 0.15) is 29.7 Å². The highest BCUT2D eigenvalue weighted by Gasteiger charge is 2.20. The van der Waals surface area contributed by atoms with Gasteiger partial charge in [-0.25, -0.2) is 14.5 Å². The van der Waals surface area contributed by atoms with Crippen LogP contribution >= 0.6 is 23.2 Å². The van der Waals surface area contributed by atoms with Crippen LogP contribution < -0.4 is 0 Å². The Balaban J connectivity index is 1.57. The summed E-state index contributed by atoms with van der Waals surface area (Å²) >= 11 is 12.4. The summed E-state index contributed by atoms with van der Waals surface area (Å²) in [5, 5.41) is 13.1. The lowest BCUT2D eigenvalue weighted by atomic mass is 9.98. The maximum absolute atomic E-state index is 12.9. The van der Waals surface area contributed by atoms with Crippen LogP contribution in [-0.4, -0.2) is 54.1 Å². The third-order valence-corrected chi connectivity index (χ3v) is 5.19. The Kier molecular flexibility index (Phi) is 6.26. The lowest BCUT2D eigenvalue weighted by Gasteiger charge is -2.16. The highest BCUT2D eigenvalue weighted by Crippen LogP contribution is 2.24. The van der Waals surface area contributed by atoms with Gasteiger partial charge in [-0.15, -0.1) is 4.80 Å². The van der Waals surface area contributed by atoms with Crippen molar-refractivity contribution in [1.29, 1.82) is 0 Å². The van der Waals surface area contributed by atoms with E-state index in [1.807, 2.05) is 6.92 Å². The van der Waals surface area contributed by atoms with Crippen molar-refractivity contribution in [2.75, 3.05) is 13.7 Å². The first-order chi connectivity index (χ1) is 15.0. The predicted molar refractivity (Wildman–Crippen MR) is 115 cm³/mol. The second kappa shape index (κ2) is 9.09. The number of rotatable bonds is 8. The molecule has 0 bridgehead atoms. The summed E-state index contributed by atoms with van der Waals surface area (Å²) in [7, 11) is 1.63. The molecule has 1 atom stereocenters. The molecule has 4 heterocycles. The number of hydrogen-bond acceptors (Lipinski definition) is 7. The number of nitrogens with zero attached hydrogens (tertiary/aromatic N) is 7. The molecular weight excluding hydrogens is 441 g/mol. The van der Waals surface area contributed by atoms with Crippen molar-refractivity contribution in [1.82, 2.24) is 34.6 Å². The van der Waals surface area contributed by atoms with Gasteiger partial charge in [0.25, 0.3) is 0 Å². The third-order valence-electron chi connectivity index (χ3n) is 4.73. The summed E-state index contributed by atoms with van der Waals surface area (Å²) in [5.74, 6) is 0.392.